The van der Waals surface area contributed by atoms with Gasteiger partial charge in [-0.1, -0.05) is 59.1 Å². The molecule has 0 unspecified atom stereocenters. The maximum Gasteiger partial charge on any atom is 0.310 e. The lowest BCUT2D eigenvalue weighted by Gasteiger charge is -2.36. The van der Waals surface area contributed by atoms with Crippen LogP contribution in [0.1, 0.15) is 66.7 Å². The maximum atomic E-state index is 13.8. The second kappa shape index (κ2) is 12.4. The van der Waals surface area contributed by atoms with E-state index < -0.39 is 29.8 Å². The molecule has 0 saturated carbocycles. The molecule has 0 spiro atoms. The summed E-state index contributed by atoms with van der Waals surface area (Å²) >= 11 is 0. The second-order valence-electron chi connectivity index (χ2n) is 9.16. The van der Waals surface area contributed by atoms with Crippen molar-refractivity contribution < 1.29 is 24.2 Å². The number of amides is 2. The number of nitrogens with one attached hydrogen (secondary N) is 1. The molecule has 32 heavy (non-hydrogen) atoms. The molecule has 7 nitrogen and oxygen atoms in total. The third kappa shape index (κ3) is 5.36. The SMILES string of the molecule is CCCCCNC(=O)[C@@H]1[C@H]2C=C[C@@H](CC)[C@@H](C(=O)OCC)[C@@H]2C(=O)N1[C@@H](CO)[C@@H](C)CC. The number of esters is 1. The van der Waals surface area contributed by atoms with Gasteiger partial charge < -0.3 is 20.1 Å². The van der Waals surface area contributed by atoms with Crippen LogP contribution in [0.3, 0.4) is 0 Å². The van der Waals surface area contributed by atoms with Gasteiger partial charge in [0, 0.05) is 12.5 Å². The summed E-state index contributed by atoms with van der Waals surface area (Å²) in [6.45, 7) is 10.4. The number of carbonyl (C=O) groups excluding carboxylic acids is 3. The standard InChI is InChI=1S/C25H42N2O5/c1-6-10-11-14-26-23(29)22-18-13-12-17(8-3)20(25(31)32-9-4)21(18)24(30)27(22)19(15-28)16(5)7-2/h12-13,16-22,28H,6-11,14-15H2,1-5H3,(H,26,29)/t16-,17+,18-,19-,20+,21+,22-/m0/s1. The summed E-state index contributed by atoms with van der Waals surface area (Å²) in [7, 11) is 0. The number of hydrogen-bond acceptors (Lipinski definition) is 5. The fourth-order valence-corrected chi connectivity index (χ4v) is 5.26. The quantitative estimate of drug-likeness (QED) is 0.271. The number of nitrogens with zero attached hydrogens (tertiary/aromatic N) is 1. The lowest BCUT2D eigenvalue weighted by Crippen LogP contribution is -2.54. The molecule has 1 saturated heterocycles. The summed E-state index contributed by atoms with van der Waals surface area (Å²) in [4.78, 5) is 41.7. The Kier molecular flexibility index (Phi) is 10.2. The van der Waals surface area contributed by atoms with Gasteiger partial charge in [-0.05, 0) is 31.6 Å². The molecule has 0 aromatic rings. The zero-order valence-electron chi connectivity index (χ0n) is 20.4. The van der Waals surface area contributed by atoms with Crippen molar-refractivity contribution in [3.05, 3.63) is 12.2 Å². The molecular weight excluding hydrogens is 408 g/mol. The highest BCUT2D eigenvalue weighted by Gasteiger charge is 2.59. The Hall–Kier alpha value is -1.89. The van der Waals surface area contributed by atoms with Crippen molar-refractivity contribution in [2.75, 3.05) is 19.8 Å². The first-order chi connectivity index (χ1) is 15.4. The first-order valence-electron chi connectivity index (χ1n) is 12.4. The number of likely N-dealkylation sites (tertiary alicyclic amines) is 1. The van der Waals surface area contributed by atoms with Crippen LogP contribution >= 0.6 is 0 Å². The lowest BCUT2D eigenvalue weighted by molar-refractivity contribution is -0.156. The molecule has 0 aromatic carbocycles. The van der Waals surface area contributed by atoms with Gasteiger partial charge in [0.2, 0.25) is 11.8 Å². The van der Waals surface area contributed by atoms with Gasteiger partial charge in [0.1, 0.15) is 6.04 Å². The Labute approximate surface area is 192 Å². The van der Waals surface area contributed by atoms with Crippen LogP contribution in [0.15, 0.2) is 12.2 Å². The minimum absolute atomic E-state index is 0.0199. The van der Waals surface area contributed by atoms with Crippen molar-refractivity contribution in [2.24, 2.45) is 29.6 Å². The van der Waals surface area contributed by atoms with E-state index in [2.05, 4.69) is 12.2 Å². The highest BCUT2D eigenvalue weighted by atomic mass is 16.5. The maximum absolute atomic E-state index is 13.8. The molecule has 7 atom stereocenters. The number of unbranched alkanes of at least 4 members (excludes halogenated alkanes) is 2. The number of ether oxygens (including phenoxy) is 1. The molecule has 0 bridgehead atoms. The van der Waals surface area contributed by atoms with Gasteiger partial charge in [-0.25, -0.2) is 0 Å². The van der Waals surface area contributed by atoms with Gasteiger partial charge in [-0.2, -0.15) is 0 Å². The van der Waals surface area contributed by atoms with Gasteiger partial charge >= 0.3 is 5.97 Å². The van der Waals surface area contributed by atoms with Crippen LogP contribution in [0, 0.1) is 29.6 Å². The topological polar surface area (TPSA) is 95.9 Å². The molecule has 0 aromatic heterocycles. The monoisotopic (exact) mass is 450 g/mol. The fraction of sp³-hybridized carbons (Fsp3) is 0.800. The summed E-state index contributed by atoms with van der Waals surface area (Å²) in [5.74, 6) is -2.55. The van der Waals surface area contributed by atoms with Crippen LogP contribution in [0.2, 0.25) is 0 Å². The summed E-state index contributed by atoms with van der Waals surface area (Å²) in [6.07, 6.45) is 8.36. The first-order valence-corrected chi connectivity index (χ1v) is 12.4. The number of aliphatic hydroxyl groups is 1. The minimum Gasteiger partial charge on any atom is -0.466 e. The molecule has 7 heteroatoms. The third-order valence-corrected chi connectivity index (χ3v) is 7.27. The number of allylic oxidation sites excluding steroid dienone is 1. The zero-order chi connectivity index (χ0) is 23.8. The van der Waals surface area contributed by atoms with E-state index in [0.29, 0.717) is 13.0 Å². The lowest BCUT2D eigenvalue weighted by atomic mass is 9.69. The predicted octanol–water partition coefficient (Wildman–Crippen LogP) is 2.92. The van der Waals surface area contributed by atoms with Gasteiger partial charge in [-0.3, -0.25) is 14.4 Å². The van der Waals surface area contributed by atoms with E-state index in [0.717, 1.165) is 25.7 Å². The number of fused-ring (bicyclic) bond motifs is 1. The molecule has 2 rings (SSSR count). The Morgan fingerprint density at radius 3 is 2.47 bits per heavy atom. The molecule has 2 amide bonds. The van der Waals surface area contributed by atoms with E-state index in [1.807, 2.05) is 32.9 Å². The molecule has 2 N–H and O–H groups in total. The summed E-state index contributed by atoms with van der Waals surface area (Å²) in [5.41, 5.74) is 0. The van der Waals surface area contributed by atoms with Crippen molar-refractivity contribution in [1.29, 1.82) is 0 Å². The number of hydrogen-bond donors (Lipinski definition) is 2. The van der Waals surface area contributed by atoms with Gasteiger partial charge in [-0.15, -0.1) is 0 Å². The Morgan fingerprint density at radius 2 is 1.91 bits per heavy atom. The van der Waals surface area contributed by atoms with Gasteiger partial charge in [0.25, 0.3) is 0 Å². The van der Waals surface area contributed by atoms with Crippen LogP contribution in [0.25, 0.3) is 0 Å². The average Bonchev–Trinajstić information content (AvgIpc) is 3.08. The number of rotatable bonds is 12. The van der Waals surface area contributed by atoms with E-state index in [1.54, 1.807) is 11.8 Å². The van der Waals surface area contributed by atoms with Crippen molar-refractivity contribution in [3.63, 3.8) is 0 Å². The normalized spacial score (nSPS) is 28.9. The Morgan fingerprint density at radius 1 is 1.19 bits per heavy atom. The van der Waals surface area contributed by atoms with E-state index in [1.165, 1.54) is 0 Å². The van der Waals surface area contributed by atoms with E-state index in [-0.39, 0.29) is 42.8 Å². The van der Waals surface area contributed by atoms with Crippen LogP contribution in [0.5, 0.6) is 0 Å². The van der Waals surface area contributed by atoms with E-state index >= 15 is 0 Å². The average molecular weight is 451 g/mol. The zero-order valence-corrected chi connectivity index (χ0v) is 20.4. The number of carbonyl (C=O) groups is 3. The number of aliphatic hydroxyl groups excluding tert-OH is 1. The summed E-state index contributed by atoms with van der Waals surface area (Å²) in [5, 5.41) is 13.2. The van der Waals surface area contributed by atoms with Crippen LogP contribution in [-0.4, -0.2) is 59.6 Å². The Bertz CT molecular complexity index is 679. The van der Waals surface area contributed by atoms with E-state index in [4.69, 9.17) is 4.74 Å². The minimum atomic E-state index is -0.730. The smallest absolute Gasteiger partial charge is 0.310 e. The predicted molar refractivity (Wildman–Crippen MR) is 124 cm³/mol. The highest BCUT2D eigenvalue weighted by Crippen LogP contribution is 2.46. The molecule has 2 aliphatic rings. The van der Waals surface area contributed by atoms with Crippen molar-refractivity contribution in [1.82, 2.24) is 10.2 Å². The van der Waals surface area contributed by atoms with Crippen LogP contribution < -0.4 is 5.32 Å². The molecule has 1 aliphatic heterocycles. The summed E-state index contributed by atoms with van der Waals surface area (Å²) in [6, 6.07) is -1.20. The van der Waals surface area contributed by atoms with Crippen LogP contribution in [-0.2, 0) is 19.1 Å². The molecule has 1 fully saturated rings. The largest absolute Gasteiger partial charge is 0.466 e. The molecule has 1 heterocycles. The van der Waals surface area contributed by atoms with Crippen molar-refractivity contribution in [3.8, 4) is 0 Å². The summed E-state index contributed by atoms with van der Waals surface area (Å²) < 4.78 is 5.35. The van der Waals surface area contributed by atoms with Crippen LogP contribution in [0.4, 0.5) is 0 Å². The van der Waals surface area contributed by atoms with Gasteiger partial charge in [0.05, 0.1) is 31.1 Å². The van der Waals surface area contributed by atoms with Crippen molar-refractivity contribution >= 4 is 17.8 Å². The van der Waals surface area contributed by atoms with Crippen molar-refractivity contribution in [2.45, 2.75) is 78.8 Å². The first kappa shape index (κ1) is 26.4. The highest BCUT2D eigenvalue weighted by molar-refractivity contribution is 5.96. The molecular formula is C25H42N2O5. The second-order valence-corrected chi connectivity index (χ2v) is 9.16. The molecule has 1 aliphatic carbocycles. The Balaban J connectivity index is 2.46. The molecule has 0 radical (unpaired) electrons. The third-order valence-electron chi connectivity index (χ3n) is 7.27. The van der Waals surface area contributed by atoms with E-state index in [9.17, 15) is 19.5 Å². The van der Waals surface area contributed by atoms with Gasteiger partial charge in [0.15, 0.2) is 0 Å². The fourth-order valence-electron chi connectivity index (χ4n) is 5.26. The molecule has 182 valence electrons.